The number of hydrogen-bond acceptors (Lipinski definition) is 5. The van der Waals surface area contributed by atoms with Gasteiger partial charge in [-0.05, 0) is 6.42 Å². The van der Waals surface area contributed by atoms with Crippen LogP contribution in [-0.4, -0.2) is 41.1 Å². The number of nitrogens with zero attached hydrogens (tertiary/aromatic N) is 3. The van der Waals surface area contributed by atoms with Crippen molar-refractivity contribution in [3.8, 4) is 0 Å². The van der Waals surface area contributed by atoms with Gasteiger partial charge in [0.1, 0.15) is 6.04 Å². The fourth-order valence-electron chi connectivity index (χ4n) is 1.89. The van der Waals surface area contributed by atoms with Crippen molar-refractivity contribution in [1.29, 1.82) is 0 Å². The van der Waals surface area contributed by atoms with Crippen LogP contribution in [0.2, 0.25) is 0 Å². The summed E-state index contributed by atoms with van der Waals surface area (Å²) in [6, 6.07) is 0.180. The van der Waals surface area contributed by atoms with Crippen LogP contribution >= 0.6 is 11.6 Å². The lowest BCUT2D eigenvalue weighted by Crippen LogP contribution is -2.55. The summed E-state index contributed by atoms with van der Waals surface area (Å²) in [6.07, 6.45) is 1.25. The monoisotopic (exact) mass is 258 g/mol. The molecule has 0 aromatic carbocycles. The zero-order valence-corrected chi connectivity index (χ0v) is 10.4. The fraction of sp³-hybridized carbons (Fsp3) is 0.700. The van der Waals surface area contributed by atoms with E-state index in [0.29, 0.717) is 43.7 Å². The Morgan fingerprint density at radius 3 is 3.12 bits per heavy atom. The van der Waals surface area contributed by atoms with Gasteiger partial charge in [0.2, 0.25) is 11.8 Å². The molecule has 1 saturated heterocycles. The van der Waals surface area contributed by atoms with Gasteiger partial charge < -0.3 is 14.6 Å². The van der Waals surface area contributed by atoms with Crippen molar-refractivity contribution in [2.24, 2.45) is 0 Å². The number of amides is 1. The Morgan fingerprint density at radius 1 is 1.59 bits per heavy atom. The Labute approximate surface area is 104 Å². The second-order valence-corrected chi connectivity index (χ2v) is 4.20. The number of carbonyl (C=O) groups is 1. The van der Waals surface area contributed by atoms with Crippen LogP contribution in [0.1, 0.15) is 19.2 Å². The van der Waals surface area contributed by atoms with E-state index in [9.17, 15) is 4.79 Å². The van der Waals surface area contributed by atoms with E-state index in [1.165, 1.54) is 0 Å². The van der Waals surface area contributed by atoms with Crippen molar-refractivity contribution in [3.05, 3.63) is 5.89 Å². The van der Waals surface area contributed by atoms with Crippen molar-refractivity contribution in [3.63, 3.8) is 0 Å². The van der Waals surface area contributed by atoms with E-state index in [0.717, 1.165) is 0 Å². The van der Waals surface area contributed by atoms with E-state index in [2.05, 4.69) is 15.5 Å². The van der Waals surface area contributed by atoms with Gasteiger partial charge >= 0.3 is 6.01 Å². The molecule has 1 amide bonds. The number of piperazine rings is 1. The third-order valence-corrected chi connectivity index (χ3v) is 2.92. The topological polar surface area (TPSA) is 71.3 Å². The molecular weight excluding hydrogens is 244 g/mol. The van der Waals surface area contributed by atoms with Crippen LogP contribution in [0, 0.1) is 0 Å². The van der Waals surface area contributed by atoms with E-state index in [1.807, 2.05) is 11.8 Å². The smallest absolute Gasteiger partial charge is 0.318 e. The number of hydrogen-bond donors (Lipinski definition) is 1. The van der Waals surface area contributed by atoms with Gasteiger partial charge in [0.25, 0.3) is 0 Å². The first-order chi connectivity index (χ1) is 8.26. The van der Waals surface area contributed by atoms with Crippen LogP contribution in [0.4, 0.5) is 6.01 Å². The van der Waals surface area contributed by atoms with Gasteiger partial charge in [-0.1, -0.05) is 12.0 Å². The van der Waals surface area contributed by atoms with Gasteiger partial charge in [-0.25, -0.2) is 0 Å². The number of carbonyl (C=O) groups excluding carboxylic acids is 1. The molecule has 0 saturated carbocycles. The molecule has 6 nitrogen and oxygen atoms in total. The molecule has 7 heteroatoms. The predicted octanol–water partition coefficient (Wildman–Crippen LogP) is 0.566. The maximum absolute atomic E-state index is 11.7. The predicted molar refractivity (Wildman–Crippen MR) is 63.2 cm³/mol. The van der Waals surface area contributed by atoms with Crippen LogP contribution in [0.25, 0.3) is 0 Å². The highest BCUT2D eigenvalue weighted by atomic mass is 35.5. The first-order valence-corrected chi connectivity index (χ1v) is 6.22. The summed E-state index contributed by atoms with van der Waals surface area (Å²) < 4.78 is 5.48. The third kappa shape index (κ3) is 2.52. The molecule has 2 heterocycles. The van der Waals surface area contributed by atoms with Crippen LogP contribution in [-0.2, 0) is 11.2 Å². The fourth-order valence-corrected chi connectivity index (χ4v) is 2.05. The first-order valence-electron chi connectivity index (χ1n) is 5.69. The first kappa shape index (κ1) is 12.2. The molecule has 1 aliphatic heterocycles. The molecule has 1 fully saturated rings. The second-order valence-electron chi connectivity index (χ2n) is 3.83. The highest BCUT2D eigenvalue weighted by Crippen LogP contribution is 2.19. The number of halogens is 1. The minimum atomic E-state index is -0.229. The van der Waals surface area contributed by atoms with Gasteiger partial charge in [0.05, 0.1) is 0 Å². The van der Waals surface area contributed by atoms with Crippen molar-refractivity contribution < 1.29 is 9.21 Å². The van der Waals surface area contributed by atoms with Crippen molar-refractivity contribution in [1.82, 2.24) is 15.5 Å². The standard InChI is InChI=1S/C10H15ClN4O2/c1-2-7-9(16)12-5-6-15(7)10-14-13-8(17-10)3-4-11/h7H,2-6H2,1H3,(H,12,16). The summed E-state index contributed by atoms with van der Waals surface area (Å²) in [5, 5.41) is 10.7. The highest BCUT2D eigenvalue weighted by Gasteiger charge is 2.31. The van der Waals surface area contributed by atoms with E-state index >= 15 is 0 Å². The number of nitrogens with one attached hydrogen (secondary N) is 1. The molecule has 1 aliphatic rings. The number of aryl methyl sites for hydroxylation is 1. The van der Waals surface area contributed by atoms with Crippen LogP contribution in [0.5, 0.6) is 0 Å². The average Bonchev–Trinajstić information content (AvgIpc) is 2.78. The summed E-state index contributed by atoms with van der Waals surface area (Å²) in [5.74, 6) is 0.964. The van der Waals surface area contributed by atoms with E-state index in [1.54, 1.807) is 0 Å². The Hall–Kier alpha value is -1.30. The molecule has 1 aromatic rings. The third-order valence-electron chi connectivity index (χ3n) is 2.73. The molecule has 1 unspecified atom stereocenters. The molecule has 94 valence electrons. The Morgan fingerprint density at radius 2 is 2.41 bits per heavy atom. The van der Waals surface area contributed by atoms with Gasteiger partial charge in [-0.3, -0.25) is 4.79 Å². The number of alkyl halides is 1. The minimum absolute atomic E-state index is 0.0100. The zero-order valence-electron chi connectivity index (χ0n) is 9.65. The Balaban J connectivity index is 2.15. The number of anilines is 1. The van der Waals surface area contributed by atoms with E-state index in [4.69, 9.17) is 16.0 Å². The average molecular weight is 259 g/mol. The van der Waals surface area contributed by atoms with E-state index in [-0.39, 0.29) is 11.9 Å². The molecule has 0 bridgehead atoms. The van der Waals surface area contributed by atoms with Gasteiger partial charge in [-0.15, -0.1) is 16.7 Å². The largest absolute Gasteiger partial charge is 0.408 e. The van der Waals surface area contributed by atoms with E-state index < -0.39 is 0 Å². The maximum Gasteiger partial charge on any atom is 0.318 e. The lowest BCUT2D eigenvalue weighted by atomic mass is 10.1. The normalized spacial score (nSPS) is 20.5. The molecule has 17 heavy (non-hydrogen) atoms. The molecular formula is C10H15ClN4O2. The van der Waals surface area contributed by atoms with Crippen molar-refractivity contribution in [2.45, 2.75) is 25.8 Å². The van der Waals surface area contributed by atoms with Gasteiger partial charge in [-0.2, -0.15) is 0 Å². The molecule has 0 spiro atoms. The SMILES string of the molecule is CCC1C(=O)NCCN1c1nnc(CCCl)o1. The van der Waals surface area contributed by atoms with Crippen molar-refractivity contribution >= 4 is 23.5 Å². The van der Waals surface area contributed by atoms with Crippen LogP contribution in [0.15, 0.2) is 4.42 Å². The minimum Gasteiger partial charge on any atom is -0.408 e. The molecule has 2 rings (SSSR count). The zero-order chi connectivity index (χ0) is 12.3. The summed E-state index contributed by atoms with van der Waals surface area (Å²) in [6.45, 7) is 3.24. The molecule has 1 atom stereocenters. The molecule has 0 aliphatic carbocycles. The van der Waals surface area contributed by atoms with Crippen molar-refractivity contribution in [2.75, 3.05) is 23.9 Å². The van der Waals surface area contributed by atoms with Crippen LogP contribution in [0.3, 0.4) is 0 Å². The Kier molecular flexibility index (Phi) is 3.83. The lowest BCUT2D eigenvalue weighted by molar-refractivity contribution is -0.123. The highest BCUT2D eigenvalue weighted by molar-refractivity contribution is 6.17. The maximum atomic E-state index is 11.7. The lowest BCUT2D eigenvalue weighted by Gasteiger charge is -2.32. The number of rotatable bonds is 4. The Bertz CT molecular complexity index is 395. The van der Waals surface area contributed by atoms with Gasteiger partial charge in [0.15, 0.2) is 0 Å². The summed E-state index contributed by atoms with van der Waals surface area (Å²) >= 11 is 5.60. The van der Waals surface area contributed by atoms with Gasteiger partial charge in [0, 0.05) is 25.4 Å². The molecule has 1 aromatic heterocycles. The van der Waals surface area contributed by atoms with Crippen LogP contribution < -0.4 is 10.2 Å². The molecule has 0 radical (unpaired) electrons. The molecule has 1 N–H and O–H groups in total. The quantitative estimate of drug-likeness (QED) is 0.800. The summed E-state index contributed by atoms with van der Waals surface area (Å²) in [5.41, 5.74) is 0. The number of aromatic nitrogens is 2. The second kappa shape index (κ2) is 5.35. The summed E-state index contributed by atoms with van der Waals surface area (Å²) in [7, 11) is 0. The summed E-state index contributed by atoms with van der Waals surface area (Å²) in [4.78, 5) is 13.5.